The van der Waals surface area contributed by atoms with Gasteiger partial charge in [-0.2, -0.15) is 0 Å². The maximum absolute atomic E-state index is 11.7. The summed E-state index contributed by atoms with van der Waals surface area (Å²) in [5, 5.41) is 3.54. The highest BCUT2D eigenvalue weighted by molar-refractivity contribution is 7.91. The van der Waals surface area contributed by atoms with Crippen LogP contribution in [0, 0.1) is 17.8 Å². The second-order valence-corrected chi connectivity index (χ2v) is 9.09. The highest BCUT2D eigenvalue weighted by Gasteiger charge is 2.36. The molecule has 3 aliphatic carbocycles. The average molecular weight is 283 g/mol. The lowest BCUT2D eigenvalue weighted by Gasteiger charge is -2.30. The molecule has 2 bridgehead atoms. The van der Waals surface area contributed by atoms with E-state index in [-0.39, 0.29) is 5.25 Å². The molecule has 2 fully saturated rings. The number of sulfone groups is 1. The average Bonchev–Trinajstić information content (AvgIpc) is 2.98. The number of hydrogen-bond donors (Lipinski definition) is 1. The molecule has 0 unspecified atom stereocenters. The molecule has 0 saturated heterocycles. The fraction of sp³-hybridized carbons (Fsp3) is 0.867. The number of nitrogens with one attached hydrogen (secondary N) is 1. The van der Waals surface area contributed by atoms with Crippen molar-refractivity contribution >= 4 is 9.84 Å². The van der Waals surface area contributed by atoms with Gasteiger partial charge in [0.2, 0.25) is 0 Å². The number of hydrogen-bond acceptors (Lipinski definition) is 3. The third-order valence-corrected chi connectivity index (χ3v) is 6.96. The highest BCUT2D eigenvalue weighted by Crippen LogP contribution is 2.43. The fourth-order valence-corrected chi connectivity index (χ4v) is 5.34. The molecule has 0 aliphatic heterocycles. The van der Waals surface area contributed by atoms with Crippen LogP contribution in [0.4, 0.5) is 0 Å². The van der Waals surface area contributed by atoms with Crippen LogP contribution in [0.2, 0.25) is 0 Å². The monoisotopic (exact) mass is 283 g/mol. The minimum atomic E-state index is -2.86. The van der Waals surface area contributed by atoms with Crippen molar-refractivity contribution in [2.24, 2.45) is 17.8 Å². The topological polar surface area (TPSA) is 46.2 Å². The molecule has 5 atom stereocenters. The van der Waals surface area contributed by atoms with Gasteiger partial charge in [-0.15, -0.1) is 0 Å². The Hall–Kier alpha value is -0.350. The zero-order chi connectivity index (χ0) is 13.5. The summed E-state index contributed by atoms with van der Waals surface area (Å²) in [6, 6.07) is 0.414. The van der Waals surface area contributed by atoms with E-state index in [0.29, 0.717) is 6.04 Å². The Morgan fingerprint density at radius 3 is 2.63 bits per heavy atom. The zero-order valence-corrected chi connectivity index (χ0v) is 12.5. The molecule has 3 aliphatic rings. The Morgan fingerprint density at radius 2 is 2.00 bits per heavy atom. The van der Waals surface area contributed by atoms with E-state index in [4.69, 9.17) is 0 Å². The summed E-state index contributed by atoms with van der Waals surface area (Å²) in [6.45, 7) is 1.08. The molecular weight excluding hydrogens is 258 g/mol. The van der Waals surface area contributed by atoms with Crippen LogP contribution in [0.3, 0.4) is 0 Å². The van der Waals surface area contributed by atoms with E-state index >= 15 is 0 Å². The lowest BCUT2D eigenvalue weighted by molar-refractivity contribution is 0.328. The Balaban J connectivity index is 1.49. The van der Waals surface area contributed by atoms with E-state index in [0.717, 1.165) is 50.0 Å². The smallest absolute Gasteiger partial charge is 0.150 e. The molecule has 19 heavy (non-hydrogen) atoms. The van der Waals surface area contributed by atoms with Crippen LogP contribution in [-0.2, 0) is 9.84 Å². The van der Waals surface area contributed by atoms with Crippen LogP contribution < -0.4 is 5.32 Å². The second-order valence-electron chi connectivity index (χ2n) is 6.76. The van der Waals surface area contributed by atoms with Crippen molar-refractivity contribution in [1.29, 1.82) is 0 Å². The Morgan fingerprint density at radius 1 is 1.16 bits per heavy atom. The summed E-state index contributed by atoms with van der Waals surface area (Å²) in [4.78, 5) is 0. The van der Waals surface area contributed by atoms with Crippen molar-refractivity contribution < 1.29 is 8.42 Å². The fourth-order valence-electron chi connectivity index (χ4n) is 4.17. The molecule has 0 aromatic heterocycles. The molecule has 108 valence electrons. The number of allylic oxidation sites excluding steroid dienone is 2. The highest BCUT2D eigenvalue weighted by atomic mass is 32.2. The van der Waals surface area contributed by atoms with Crippen LogP contribution in [0.1, 0.15) is 38.5 Å². The molecule has 1 N–H and O–H groups in total. The molecule has 0 radical (unpaired) electrons. The van der Waals surface area contributed by atoms with Crippen LogP contribution in [0.15, 0.2) is 12.2 Å². The summed E-state index contributed by atoms with van der Waals surface area (Å²) < 4.78 is 23.3. The van der Waals surface area contributed by atoms with Gasteiger partial charge in [0.25, 0.3) is 0 Å². The van der Waals surface area contributed by atoms with Gasteiger partial charge in [-0.3, -0.25) is 0 Å². The summed E-state index contributed by atoms with van der Waals surface area (Å²) in [6.07, 6.45) is 12.7. The second kappa shape index (κ2) is 5.21. The maximum atomic E-state index is 11.7. The molecule has 0 spiro atoms. The van der Waals surface area contributed by atoms with E-state index in [1.54, 1.807) is 0 Å². The van der Waals surface area contributed by atoms with Crippen molar-refractivity contribution in [3.05, 3.63) is 12.2 Å². The lowest BCUT2D eigenvalue weighted by atomic mass is 9.91. The molecule has 0 heterocycles. The standard InChI is InChI=1S/C15H25NO2S/c1-19(17,18)15-4-2-3-14(9-15)16-10-13-8-11-5-6-12(13)7-11/h5-6,11-16H,2-4,7-10H2,1H3/t11-,12-,13+,14+,15+/m0/s1. The maximum Gasteiger partial charge on any atom is 0.150 e. The van der Waals surface area contributed by atoms with Crippen molar-refractivity contribution in [1.82, 2.24) is 5.32 Å². The lowest BCUT2D eigenvalue weighted by Crippen LogP contribution is -2.41. The third kappa shape index (κ3) is 3.05. The van der Waals surface area contributed by atoms with Gasteiger partial charge in [0.1, 0.15) is 9.84 Å². The van der Waals surface area contributed by atoms with Crippen LogP contribution >= 0.6 is 0 Å². The number of fused-ring (bicyclic) bond motifs is 2. The van der Waals surface area contributed by atoms with Gasteiger partial charge in [-0.1, -0.05) is 18.6 Å². The van der Waals surface area contributed by atoms with Crippen molar-refractivity contribution in [2.75, 3.05) is 12.8 Å². The largest absolute Gasteiger partial charge is 0.314 e. The summed E-state index contributed by atoms with van der Waals surface area (Å²) in [5.41, 5.74) is 0. The quantitative estimate of drug-likeness (QED) is 0.804. The van der Waals surface area contributed by atoms with Crippen molar-refractivity contribution in [3.63, 3.8) is 0 Å². The van der Waals surface area contributed by atoms with Gasteiger partial charge in [-0.05, 0) is 56.4 Å². The van der Waals surface area contributed by atoms with Gasteiger partial charge < -0.3 is 5.32 Å². The first-order valence-corrected chi connectivity index (χ1v) is 9.58. The Kier molecular flexibility index (Phi) is 3.73. The van der Waals surface area contributed by atoms with Gasteiger partial charge >= 0.3 is 0 Å². The predicted molar refractivity (Wildman–Crippen MR) is 77.7 cm³/mol. The minimum absolute atomic E-state index is 0.112. The minimum Gasteiger partial charge on any atom is -0.314 e. The summed E-state index contributed by atoms with van der Waals surface area (Å²) in [7, 11) is -2.86. The van der Waals surface area contributed by atoms with Crippen LogP contribution in [-0.4, -0.2) is 32.5 Å². The molecular formula is C15H25NO2S. The Bertz CT molecular complexity index is 457. The van der Waals surface area contributed by atoms with E-state index in [9.17, 15) is 8.42 Å². The molecule has 0 aromatic rings. The first-order chi connectivity index (χ1) is 9.02. The summed E-state index contributed by atoms with van der Waals surface area (Å²) in [5.74, 6) is 2.40. The Labute approximate surface area is 116 Å². The molecule has 0 aromatic carbocycles. The van der Waals surface area contributed by atoms with Crippen molar-refractivity contribution in [2.45, 2.75) is 49.8 Å². The van der Waals surface area contributed by atoms with Gasteiger partial charge in [0.15, 0.2) is 0 Å². The molecule has 4 heteroatoms. The van der Waals surface area contributed by atoms with Crippen LogP contribution in [0.25, 0.3) is 0 Å². The van der Waals surface area contributed by atoms with Gasteiger partial charge in [0.05, 0.1) is 5.25 Å². The summed E-state index contributed by atoms with van der Waals surface area (Å²) >= 11 is 0. The predicted octanol–water partition coefficient (Wildman–Crippen LogP) is 2.14. The van der Waals surface area contributed by atoms with E-state index < -0.39 is 9.84 Å². The first kappa shape index (κ1) is 13.6. The molecule has 2 saturated carbocycles. The van der Waals surface area contributed by atoms with E-state index in [1.807, 2.05) is 0 Å². The van der Waals surface area contributed by atoms with Crippen molar-refractivity contribution in [3.8, 4) is 0 Å². The molecule has 3 nitrogen and oxygen atoms in total. The van der Waals surface area contributed by atoms with E-state index in [1.165, 1.54) is 19.1 Å². The third-order valence-electron chi connectivity index (χ3n) is 5.32. The number of rotatable bonds is 4. The zero-order valence-electron chi connectivity index (χ0n) is 11.7. The van der Waals surface area contributed by atoms with Crippen LogP contribution in [0.5, 0.6) is 0 Å². The first-order valence-electron chi connectivity index (χ1n) is 7.63. The molecule has 0 amide bonds. The van der Waals surface area contributed by atoms with Gasteiger partial charge in [-0.25, -0.2) is 8.42 Å². The van der Waals surface area contributed by atoms with E-state index in [2.05, 4.69) is 17.5 Å². The van der Waals surface area contributed by atoms with Gasteiger partial charge in [0, 0.05) is 12.3 Å². The normalized spacial score (nSPS) is 41.8. The SMILES string of the molecule is CS(=O)(=O)[C@@H]1CCC[C@@H](NC[C@H]2C[C@H]3C=C[C@H]2C3)C1. The molecule has 3 rings (SSSR count).